The van der Waals surface area contributed by atoms with Crippen LogP contribution in [0.1, 0.15) is 0 Å². The van der Waals surface area contributed by atoms with E-state index in [9.17, 15) is 0 Å². The van der Waals surface area contributed by atoms with Gasteiger partial charge in [0.2, 0.25) is 0 Å². The molecule has 0 bridgehead atoms. The molecule has 0 aliphatic rings. The number of hydrogen-bond acceptors (Lipinski definition) is 6. The van der Waals surface area contributed by atoms with E-state index < -0.39 is 0 Å². The number of nitrogens with zero attached hydrogens (tertiary/aromatic N) is 4. The van der Waals surface area contributed by atoms with Crippen molar-refractivity contribution in [3.05, 3.63) is 170 Å². The first-order valence-corrected chi connectivity index (χ1v) is 17.7. The molecule has 0 spiro atoms. The van der Waals surface area contributed by atoms with E-state index in [1.54, 1.807) is 0 Å². The highest BCUT2D eigenvalue weighted by Gasteiger charge is 2.19. The summed E-state index contributed by atoms with van der Waals surface area (Å²) in [6, 6.07) is 51.6. The molecule has 0 unspecified atom stereocenters. The van der Waals surface area contributed by atoms with Gasteiger partial charge in [0, 0.05) is 55.3 Å². The molecule has 5 aromatic heterocycles. The van der Waals surface area contributed by atoms with Gasteiger partial charge >= 0.3 is 0 Å². The minimum atomic E-state index is 0.941. The van der Waals surface area contributed by atoms with Crippen molar-refractivity contribution in [2.24, 2.45) is 0 Å². The monoisotopic (exact) mass is 667 g/mol. The molecule has 0 radical (unpaired) electrons. The van der Waals surface area contributed by atoms with Gasteiger partial charge in [-0.3, -0.25) is 19.8 Å². The van der Waals surface area contributed by atoms with E-state index in [-0.39, 0.29) is 0 Å². The third kappa shape index (κ3) is 5.65. The molecule has 0 amide bonds. The number of benzene rings is 4. The zero-order chi connectivity index (χ0) is 32.6. The molecular weight excluding hydrogens is 639 g/mol. The maximum Gasteiger partial charge on any atom is 0.116 e. The van der Waals surface area contributed by atoms with E-state index in [1.165, 1.54) is 41.1 Å². The Hall–Kier alpha value is -6.02. The van der Waals surface area contributed by atoms with Crippen LogP contribution in [0.5, 0.6) is 0 Å². The molecule has 1 N–H and O–H groups in total. The Morgan fingerprint density at radius 1 is 0.408 bits per heavy atom. The average Bonchev–Trinajstić information content (AvgIpc) is 3.93. The number of anilines is 6. The van der Waals surface area contributed by atoms with Gasteiger partial charge in [0.05, 0.1) is 11.4 Å². The molecule has 0 saturated carbocycles. The first kappa shape index (κ1) is 29.1. The fourth-order valence-corrected chi connectivity index (χ4v) is 8.41. The second kappa shape index (κ2) is 12.5. The second-order valence-electron chi connectivity index (χ2n) is 11.7. The van der Waals surface area contributed by atoms with Gasteiger partial charge in [-0.25, -0.2) is 0 Å². The number of H-pyrrole nitrogens is 1. The molecule has 5 heterocycles. The topological polar surface area (TPSA) is 48.1 Å². The second-order valence-corrected chi connectivity index (χ2v) is 13.9. The van der Waals surface area contributed by atoms with E-state index in [0.717, 1.165) is 34.4 Å². The molecule has 4 aromatic carbocycles. The minimum Gasteiger partial charge on any atom is -0.327 e. The van der Waals surface area contributed by atoms with E-state index >= 15 is 0 Å². The fourth-order valence-electron chi connectivity index (χ4n) is 6.27. The summed E-state index contributed by atoms with van der Waals surface area (Å²) in [6.45, 7) is 0. The van der Waals surface area contributed by atoms with Crippen molar-refractivity contribution < 1.29 is 0 Å². The number of rotatable bonds is 8. The van der Waals surface area contributed by atoms with Crippen molar-refractivity contribution in [1.29, 1.82) is 0 Å². The van der Waals surface area contributed by atoms with Crippen LogP contribution in [-0.2, 0) is 0 Å². The van der Waals surface area contributed by atoms with Gasteiger partial charge in [0.25, 0.3) is 0 Å². The molecule has 0 aliphatic heterocycles. The van der Waals surface area contributed by atoms with Crippen LogP contribution < -0.4 is 9.80 Å². The van der Waals surface area contributed by atoms with Gasteiger partial charge < -0.3 is 4.98 Å². The Kier molecular flexibility index (Phi) is 7.46. The Balaban J connectivity index is 1.08. The zero-order valence-electron chi connectivity index (χ0n) is 26.3. The summed E-state index contributed by atoms with van der Waals surface area (Å²) in [5, 5.41) is 2.55. The largest absolute Gasteiger partial charge is 0.327 e. The molecule has 9 rings (SSSR count). The summed E-state index contributed by atoms with van der Waals surface area (Å²) in [4.78, 5) is 19.3. The SMILES string of the molecule is c1ccc2sc(-c3ccc(N(c4ccncc4)c4ccc(N(c5ccncc5)c5ccc(-c6cc7ccccc7s6)cc5)[nH]4)cc3)cc2c1. The maximum absolute atomic E-state index is 4.29. The van der Waals surface area contributed by atoms with Crippen LogP contribution >= 0.6 is 22.7 Å². The van der Waals surface area contributed by atoms with Crippen LogP contribution in [0.4, 0.5) is 34.4 Å². The average molecular weight is 668 g/mol. The van der Waals surface area contributed by atoms with E-state index in [4.69, 9.17) is 0 Å². The van der Waals surface area contributed by atoms with Crippen molar-refractivity contribution >= 4 is 77.2 Å². The van der Waals surface area contributed by atoms with Gasteiger partial charge in [0.1, 0.15) is 11.6 Å². The lowest BCUT2D eigenvalue weighted by Gasteiger charge is -2.26. The van der Waals surface area contributed by atoms with Crippen molar-refractivity contribution in [2.45, 2.75) is 0 Å². The predicted octanol–water partition coefficient (Wildman–Crippen LogP) is 12.5. The van der Waals surface area contributed by atoms with Gasteiger partial charge in [-0.1, -0.05) is 60.7 Å². The summed E-state index contributed by atoms with van der Waals surface area (Å²) < 4.78 is 2.60. The van der Waals surface area contributed by atoms with Gasteiger partial charge in [-0.2, -0.15) is 0 Å². The Morgan fingerprint density at radius 3 is 1.20 bits per heavy atom. The Bertz CT molecular complexity index is 2260. The number of hydrogen-bond donors (Lipinski definition) is 1. The number of thiophene rings is 2. The molecule has 49 heavy (non-hydrogen) atoms. The lowest BCUT2D eigenvalue weighted by atomic mass is 10.1. The van der Waals surface area contributed by atoms with Crippen LogP contribution in [0.25, 0.3) is 41.1 Å². The van der Waals surface area contributed by atoms with Crippen molar-refractivity contribution in [1.82, 2.24) is 15.0 Å². The highest BCUT2D eigenvalue weighted by Crippen LogP contribution is 2.41. The summed E-state index contributed by atoms with van der Waals surface area (Å²) in [7, 11) is 0. The highest BCUT2D eigenvalue weighted by molar-refractivity contribution is 7.22. The van der Waals surface area contributed by atoms with Crippen molar-refractivity contribution in [2.75, 3.05) is 9.80 Å². The molecule has 5 nitrogen and oxygen atoms in total. The summed E-state index contributed by atoms with van der Waals surface area (Å²) in [5.74, 6) is 1.88. The van der Waals surface area contributed by atoms with Crippen LogP contribution in [0.15, 0.2) is 170 Å². The lowest BCUT2D eigenvalue weighted by Crippen LogP contribution is -2.13. The minimum absolute atomic E-state index is 0.941. The number of aromatic nitrogens is 3. The first-order chi connectivity index (χ1) is 24.3. The molecule has 0 fully saturated rings. The highest BCUT2D eigenvalue weighted by atomic mass is 32.1. The lowest BCUT2D eigenvalue weighted by molar-refractivity contribution is 1.16. The molecule has 0 saturated heterocycles. The first-order valence-electron chi connectivity index (χ1n) is 16.0. The van der Waals surface area contributed by atoms with E-state index in [0.29, 0.717) is 0 Å². The summed E-state index contributed by atoms with van der Waals surface area (Å²) in [6.07, 6.45) is 7.33. The standard InChI is InChI=1S/C42H29N5S2/c1-3-7-37-31(5-1)27-39(48-37)29-9-13-33(14-10-29)46(35-19-23-43-24-20-35)41-17-18-42(45-41)47(36-21-25-44-26-22-36)34-15-11-30(12-16-34)40-28-32-6-2-4-8-38(32)49-40/h1-28,45H. The Labute approximate surface area is 292 Å². The van der Waals surface area contributed by atoms with Gasteiger partial charge in [-0.05, 0) is 107 Å². The predicted molar refractivity (Wildman–Crippen MR) is 207 cm³/mol. The normalized spacial score (nSPS) is 11.3. The molecular formula is C42H29N5S2. The van der Waals surface area contributed by atoms with Crippen LogP contribution in [0.2, 0.25) is 0 Å². The van der Waals surface area contributed by atoms with Crippen LogP contribution in [0, 0.1) is 0 Å². The van der Waals surface area contributed by atoms with E-state index in [2.05, 4.69) is 146 Å². The van der Waals surface area contributed by atoms with Crippen molar-refractivity contribution in [3.63, 3.8) is 0 Å². The zero-order valence-corrected chi connectivity index (χ0v) is 27.9. The van der Waals surface area contributed by atoms with Crippen LogP contribution in [0.3, 0.4) is 0 Å². The smallest absolute Gasteiger partial charge is 0.116 e. The third-order valence-electron chi connectivity index (χ3n) is 8.65. The maximum atomic E-state index is 4.29. The molecule has 0 aliphatic carbocycles. The Morgan fingerprint density at radius 2 is 0.796 bits per heavy atom. The summed E-state index contributed by atoms with van der Waals surface area (Å²) in [5.41, 5.74) is 6.53. The van der Waals surface area contributed by atoms with Gasteiger partial charge in [-0.15, -0.1) is 22.7 Å². The molecule has 9 aromatic rings. The number of fused-ring (bicyclic) bond motifs is 2. The number of aromatic amines is 1. The fraction of sp³-hybridized carbons (Fsp3) is 0. The third-order valence-corrected chi connectivity index (χ3v) is 11.0. The van der Waals surface area contributed by atoms with Crippen LogP contribution in [-0.4, -0.2) is 15.0 Å². The summed E-state index contributed by atoms with van der Waals surface area (Å²) >= 11 is 3.65. The quantitative estimate of drug-likeness (QED) is 0.175. The van der Waals surface area contributed by atoms with Gasteiger partial charge in [0.15, 0.2) is 0 Å². The molecule has 0 atom stereocenters. The number of nitrogens with one attached hydrogen (secondary N) is 1. The molecule has 234 valence electrons. The van der Waals surface area contributed by atoms with Crippen molar-refractivity contribution in [3.8, 4) is 20.9 Å². The number of pyridine rings is 2. The molecule has 7 heteroatoms. The van der Waals surface area contributed by atoms with E-state index in [1.807, 2.05) is 71.7 Å².